The van der Waals surface area contributed by atoms with Crippen molar-refractivity contribution >= 4 is 0 Å². The highest BCUT2D eigenvalue weighted by molar-refractivity contribution is 5.26. The second-order valence-corrected chi connectivity index (χ2v) is 4.68. The highest BCUT2D eigenvalue weighted by Gasteiger charge is 2.25. The molecule has 0 aromatic heterocycles. The summed E-state index contributed by atoms with van der Waals surface area (Å²) in [6, 6.07) is 5.01. The summed E-state index contributed by atoms with van der Waals surface area (Å²) < 4.78 is 18.8. The molecule has 0 amide bonds. The minimum atomic E-state index is -0.211. The van der Waals surface area contributed by atoms with E-state index >= 15 is 0 Å². The van der Waals surface area contributed by atoms with E-state index in [2.05, 4.69) is 5.43 Å². The third kappa shape index (κ3) is 3.03. The van der Waals surface area contributed by atoms with Crippen LogP contribution in [0.15, 0.2) is 18.2 Å². The molecule has 1 aliphatic heterocycles. The second-order valence-electron chi connectivity index (χ2n) is 4.68. The predicted octanol–water partition coefficient (Wildman–Crippen LogP) is 2.07. The van der Waals surface area contributed by atoms with Gasteiger partial charge in [0.05, 0.1) is 12.6 Å². The number of benzene rings is 1. The Labute approximate surface area is 101 Å². The van der Waals surface area contributed by atoms with Crippen molar-refractivity contribution in [1.82, 2.24) is 5.43 Å². The maximum atomic E-state index is 13.4. The summed E-state index contributed by atoms with van der Waals surface area (Å²) in [5.74, 6) is 5.71. The van der Waals surface area contributed by atoms with Crippen molar-refractivity contribution in [2.45, 2.75) is 25.8 Å². The molecule has 0 bridgehead atoms. The molecule has 0 spiro atoms. The van der Waals surface area contributed by atoms with Gasteiger partial charge < -0.3 is 4.74 Å². The van der Waals surface area contributed by atoms with Crippen molar-refractivity contribution in [2.75, 3.05) is 13.2 Å². The van der Waals surface area contributed by atoms with Gasteiger partial charge in [0.1, 0.15) is 5.82 Å². The van der Waals surface area contributed by atoms with Crippen molar-refractivity contribution in [3.8, 4) is 0 Å². The van der Waals surface area contributed by atoms with E-state index in [0.29, 0.717) is 12.5 Å². The fourth-order valence-electron chi connectivity index (χ4n) is 2.48. The van der Waals surface area contributed by atoms with E-state index < -0.39 is 0 Å². The molecule has 0 radical (unpaired) electrons. The van der Waals surface area contributed by atoms with Crippen molar-refractivity contribution in [2.24, 2.45) is 11.8 Å². The summed E-state index contributed by atoms with van der Waals surface area (Å²) in [7, 11) is 0. The van der Waals surface area contributed by atoms with Crippen molar-refractivity contribution < 1.29 is 9.13 Å². The fourth-order valence-corrected chi connectivity index (χ4v) is 2.48. The smallest absolute Gasteiger partial charge is 0.123 e. The van der Waals surface area contributed by atoms with E-state index in [1.54, 1.807) is 6.07 Å². The quantitative estimate of drug-likeness (QED) is 0.626. The van der Waals surface area contributed by atoms with E-state index in [0.717, 1.165) is 30.6 Å². The molecule has 1 heterocycles. The zero-order valence-corrected chi connectivity index (χ0v) is 10.1. The van der Waals surface area contributed by atoms with Gasteiger partial charge in [0.15, 0.2) is 0 Å². The number of aryl methyl sites for hydroxylation is 1. The number of hydrogen-bond acceptors (Lipinski definition) is 3. The first kappa shape index (κ1) is 12.5. The van der Waals surface area contributed by atoms with Gasteiger partial charge in [-0.25, -0.2) is 4.39 Å². The number of hydrogen-bond donors (Lipinski definition) is 2. The molecule has 3 N–H and O–H groups in total. The normalized spacial score (nSPS) is 22.4. The van der Waals surface area contributed by atoms with Crippen LogP contribution in [0.5, 0.6) is 0 Å². The lowest BCUT2D eigenvalue weighted by Gasteiger charge is -2.30. The summed E-state index contributed by atoms with van der Waals surface area (Å²) in [4.78, 5) is 0. The Morgan fingerprint density at radius 3 is 2.88 bits per heavy atom. The van der Waals surface area contributed by atoms with Crippen LogP contribution in [0, 0.1) is 18.7 Å². The van der Waals surface area contributed by atoms with Crippen LogP contribution in [0.25, 0.3) is 0 Å². The number of hydrazine groups is 1. The molecule has 2 rings (SSSR count). The molecule has 2 unspecified atom stereocenters. The lowest BCUT2D eigenvalue weighted by atomic mass is 9.88. The van der Waals surface area contributed by atoms with Gasteiger partial charge in [-0.2, -0.15) is 0 Å². The van der Waals surface area contributed by atoms with Crippen LogP contribution in [-0.2, 0) is 4.74 Å². The molecule has 2 atom stereocenters. The van der Waals surface area contributed by atoms with Gasteiger partial charge >= 0.3 is 0 Å². The first-order chi connectivity index (χ1) is 8.20. The fraction of sp³-hybridized carbons (Fsp3) is 0.538. The number of ether oxygens (including phenoxy) is 1. The van der Waals surface area contributed by atoms with Gasteiger partial charge in [0, 0.05) is 12.5 Å². The van der Waals surface area contributed by atoms with Crippen LogP contribution in [0.3, 0.4) is 0 Å². The van der Waals surface area contributed by atoms with Gasteiger partial charge in [-0.05, 0) is 43.0 Å². The average Bonchev–Trinajstić information content (AvgIpc) is 2.30. The summed E-state index contributed by atoms with van der Waals surface area (Å²) in [6.45, 7) is 3.39. The molecule has 1 aromatic rings. The Morgan fingerprint density at radius 1 is 1.47 bits per heavy atom. The first-order valence-electron chi connectivity index (χ1n) is 6.01. The molecule has 0 saturated carbocycles. The molecule has 1 fully saturated rings. The molecule has 1 aromatic carbocycles. The Balaban J connectivity index is 2.21. The minimum absolute atomic E-state index is 0.0373. The van der Waals surface area contributed by atoms with E-state index in [4.69, 9.17) is 10.6 Å². The Bertz CT molecular complexity index is 357. The molecular weight excluding hydrogens is 219 g/mol. The molecule has 1 saturated heterocycles. The largest absolute Gasteiger partial charge is 0.381 e. The molecule has 17 heavy (non-hydrogen) atoms. The van der Waals surface area contributed by atoms with E-state index in [9.17, 15) is 4.39 Å². The molecule has 1 aliphatic rings. The predicted molar refractivity (Wildman–Crippen MR) is 64.7 cm³/mol. The SMILES string of the molecule is Cc1cc(F)cc(C(NN)C2CCCOC2)c1. The summed E-state index contributed by atoms with van der Waals surface area (Å²) in [6.07, 6.45) is 2.10. The van der Waals surface area contributed by atoms with Crippen molar-refractivity contribution in [3.05, 3.63) is 35.1 Å². The highest BCUT2D eigenvalue weighted by atomic mass is 19.1. The minimum Gasteiger partial charge on any atom is -0.381 e. The number of nitrogens with one attached hydrogen (secondary N) is 1. The topological polar surface area (TPSA) is 47.3 Å². The van der Waals surface area contributed by atoms with Crippen LogP contribution in [0.1, 0.15) is 30.0 Å². The van der Waals surface area contributed by atoms with Crippen LogP contribution in [-0.4, -0.2) is 13.2 Å². The van der Waals surface area contributed by atoms with Crippen molar-refractivity contribution in [1.29, 1.82) is 0 Å². The maximum absolute atomic E-state index is 13.4. The number of halogens is 1. The van der Waals surface area contributed by atoms with E-state index in [-0.39, 0.29) is 11.9 Å². The summed E-state index contributed by atoms with van der Waals surface area (Å²) in [5, 5.41) is 0. The third-order valence-electron chi connectivity index (χ3n) is 3.27. The number of rotatable bonds is 3. The van der Waals surface area contributed by atoms with Gasteiger partial charge in [0.2, 0.25) is 0 Å². The van der Waals surface area contributed by atoms with Crippen molar-refractivity contribution in [3.63, 3.8) is 0 Å². The van der Waals surface area contributed by atoms with Crippen LogP contribution < -0.4 is 11.3 Å². The van der Waals surface area contributed by atoms with E-state index in [1.165, 1.54) is 6.07 Å². The first-order valence-corrected chi connectivity index (χ1v) is 6.01. The summed E-state index contributed by atoms with van der Waals surface area (Å²) >= 11 is 0. The Kier molecular flexibility index (Phi) is 4.10. The van der Waals surface area contributed by atoms with Gasteiger partial charge in [-0.15, -0.1) is 0 Å². The van der Waals surface area contributed by atoms with Gasteiger partial charge in [-0.3, -0.25) is 11.3 Å². The molecule has 94 valence electrons. The average molecular weight is 238 g/mol. The molecule has 3 nitrogen and oxygen atoms in total. The maximum Gasteiger partial charge on any atom is 0.123 e. The highest BCUT2D eigenvalue weighted by Crippen LogP contribution is 2.29. The lowest BCUT2D eigenvalue weighted by Crippen LogP contribution is -2.37. The zero-order valence-electron chi connectivity index (χ0n) is 10.1. The third-order valence-corrected chi connectivity index (χ3v) is 3.27. The van der Waals surface area contributed by atoms with Crippen LogP contribution in [0.2, 0.25) is 0 Å². The van der Waals surface area contributed by atoms with Crippen LogP contribution in [0.4, 0.5) is 4.39 Å². The molecule has 4 heteroatoms. The lowest BCUT2D eigenvalue weighted by molar-refractivity contribution is 0.0389. The zero-order chi connectivity index (χ0) is 12.3. The molecular formula is C13H19FN2O. The number of nitrogens with two attached hydrogens (primary N) is 1. The second kappa shape index (κ2) is 5.58. The van der Waals surface area contributed by atoms with Gasteiger partial charge in [0.25, 0.3) is 0 Å². The Morgan fingerprint density at radius 2 is 2.29 bits per heavy atom. The van der Waals surface area contributed by atoms with Gasteiger partial charge in [-0.1, -0.05) is 6.07 Å². The Hall–Kier alpha value is -0.970. The van der Waals surface area contributed by atoms with E-state index in [1.807, 2.05) is 13.0 Å². The summed E-state index contributed by atoms with van der Waals surface area (Å²) in [5.41, 5.74) is 4.61. The van der Waals surface area contributed by atoms with Crippen LogP contribution >= 0.6 is 0 Å². The standard InChI is InChI=1S/C13H19FN2O/c1-9-5-11(7-12(14)6-9)13(16-15)10-3-2-4-17-8-10/h5-7,10,13,16H,2-4,8,15H2,1H3. The molecule has 0 aliphatic carbocycles. The monoisotopic (exact) mass is 238 g/mol.